The molecule has 0 saturated carbocycles. The smallest absolute Gasteiger partial charge is 0.185 e. The Labute approximate surface area is 74.5 Å². The third kappa shape index (κ3) is 1.12. The van der Waals surface area contributed by atoms with Gasteiger partial charge in [-0.25, -0.2) is 13.2 Å². The van der Waals surface area contributed by atoms with Crippen LogP contribution in [0.2, 0.25) is 0 Å². The van der Waals surface area contributed by atoms with E-state index in [9.17, 15) is 13.2 Å². The summed E-state index contributed by atoms with van der Waals surface area (Å²) in [6.45, 7) is 0. The highest BCUT2D eigenvalue weighted by atomic mass is 79.9. The van der Waals surface area contributed by atoms with Crippen molar-refractivity contribution >= 4 is 27.3 Å². The Hall–Kier alpha value is -0.910. The summed E-state index contributed by atoms with van der Waals surface area (Å²) in [4.78, 5) is 0. The molecule has 0 aliphatic heterocycles. The van der Waals surface area contributed by atoms with Gasteiger partial charge in [0.05, 0.1) is 15.8 Å². The monoisotopic (exact) mass is 240 g/mol. The van der Waals surface area contributed by atoms with Crippen LogP contribution in [0.1, 0.15) is 0 Å². The van der Waals surface area contributed by atoms with Crippen molar-refractivity contribution in [2.75, 3.05) is 11.5 Å². The van der Waals surface area contributed by atoms with E-state index >= 15 is 0 Å². The molecule has 0 saturated heterocycles. The van der Waals surface area contributed by atoms with Crippen LogP contribution in [0.3, 0.4) is 0 Å². The van der Waals surface area contributed by atoms with Gasteiger partial charge in [0.15, 0.2) is 17.5 Å². The van der Waals surface area contributed by atoms with E-state index in [0.717, 1.165) is 0 Å². The van der Waals surface area contributed by atoms with E-state index in [1.165, 1.54) is 0 Å². The molecule has 66 valence electrons. The summed E-state index contributed by atoms with van der Waals surface area (Å²) in [5.74, 6) is -3.81. The number of rotatable bonds is 0. The van der Waals surface area contributed by atoms with Gasteiger partial charge in [-0.05, 0) is 15.9 Å². The second-order valence-electron chi connectivity index (χ2n) is 2.08. The molecule has 6 heteroatoms. The second kappa shape index (κ2) is 2.85. The van der Waals surface area contributed by atoms with Crippen molar-refractivity contribution in [3.8, 4) is 0 Å². The normalized spacial score (nSPS) is 10.3. The molecule has 0 aliphatic rings. The molecule has 0 unspecified atom stereocenters. The Morgan fingerprint density at radius 3 is 1.75 bits per heavy atom. The first-order chi connectivity index (χ1) is 5.46. The highest BCUT2D eigenvalue weighted by Crippen LogP contribution is 2.32. The number of nitrogens with two attached hydrogens (primary N) is 2. The quantitative estimate of drug-likeness (QED) is 0.414. The van der Waals surface area contributed by atoms with E-state index in [1.807, 2.05) is 0 Å². The van der Waals surface area contributed by atoms with Crippen LogP contribution >= 0.6 is 15.9 Å². The predicted octanol–water partition coefficient (Wildman–Crippen LogP) is 2.03. The summed E-state index contributed by atoms with van der Waals surface area (Å²) in [7, 11) is 0. The molecule has 0 radical (unpaired) electrons. The average molecular weight is 241 g/mol. The van der Waals surface area contributed by atoms with Crippen LogP contribution in [0.25, 0.3) is 0 Å². The van der Waals surface area contributed by atoms with Gasteiger partial charge < -0.3 is 11.5 Å². The predicted molar refractivity (Wildman–Crippen MR) is 42.8 cm³/mol. The van der Waals surface area contributed by atoms with Crippen molar-refractivity contribution < 1.29 is 13.2 Å². The Bertz CT molecular complexity index is 235. The van der Waals surface area contributed by atoms with Crippen LogP contribution < -0.4 is 11.5 Å². The molecule has 4 N–H and O–H groups in total. The third-order valence-corrected chi connectivity index (χ3v) is 2.04. The van der Waals surface area contributed by atoms with Crippen LogP contribution in [0.4, 0.5) is 24.5 Å². The molecular formula is C6H4BrF3N2. The molecule has 0 spiro atoms. The van der Waals surface area contributed by atoms with Crippen LogP contribution in [0, 0.1) is 17.5 Å². The molecule has 0 aliphatic carbocycles. The molecule has 1 rings (SSSR count). The lowest BCUT2D eigenvalue weighted by Crippen LogP contribution is -2.05. The van der Waals surface area contributed by atoms with Crippen molar-refractivity contribution in [1.29, 1.82) is 0 Å². The molecule has 0 fully saturated rings. The summed E-state index contributed by atoms with van der Waals surface area (Å²) < 4.78 is 37.4. The van der Waals surface area contributed by atoms with E-state index in [1.54, 1.807) is 0 Å². The topological polar surface area (TPSA) is 52.0 Å². The van der Waals surface area contributed by atoms with Gasteiger partial charge >= 0.3 is 0 Å². The van der Waals surface area contributed by atoms with Crippen LogP contribution in [0.15, 0.2) is 4.47 Å². The first kappa shape index (κ1) is 9.18. The standard InChI is InChI=1S/C6H4BrF3N2/c7-1-2(8)4(10)6(12)5(11)3(1)9/h11-12H2. The lowest BCUT2D eigenvalue weighted by Gasteiger charge is -2.05. The van der Waals surface area contributed by atoms with E-state index in [2.05, 4.69) is 15.9 Å². The van der Waals surface area contributed by atoms with E-state index in [4.69, 9.17) is 11.5 Å². The molecule has 0 amide bonds. The summed E-state index contributed by atoms with van der Waals surface area (Å²) >= 11 is 2.49. The van der Waals surface area contributed by atoms with Crippen molar-refractivity contribution in [2.24, 2.45) is 0 Å². The number of anilines is 2. The van der Waals surface area contributed by atoms with Crippen LogP contribution in [0.5, 0.6) is 0 Å². The number of benzene rings is 1. The van der Waals surface area contributed by atoms with Gasteiger partial charge in [-0.15, -0.1) is 0 Å². The highest BCUT2D eigenvalue weighted by molar-refractivity contribution is 9.10. The summed E-state index contributed by atoms with van der Waals surface area (Å²) in [6, 6.07) is 0. The molecule has 1 aromatic rings. The van der Waals surface area contributed by atoms with Gasteiger partial charge in [0, 0.05) is 0 Å². The van der Waals surface area contributed by atoms with Crippen LogP contribution in [-0.2, 0) is 0 Å². The molecule has 0 aromatic heterocycles. The molecule has 0 heterocycles. The summed E-state index contributed by atoms with van der Waals surface area (Å²) in [5.41, 5.74) is 8.66. The van der Waals surface area contributed by atoms with E-state index in [0.29, 0.717) is 0 Å². The van der Waals surface area contributed by atoms with Gasteiger partial charge in [0.25, 0.3) is 0 Å². The third-order valence-electron chi connectivity index (χ3n) is 1.34. The largest absolute Gasteiger partial charge is 0.395 e. The van der Waals surface area contributed by atoms with Gasteiger partial charge in [-0.3, -0.25) is 0 Å². The fourth-order valence-electron chi connectivity index (χ4n) is 0.666. The zero-order chi connectivity index (χ0) is 9.46. The maximum Gasteiger partial charge on any atom is 0.185 e. The van der Waals surface area contributed by atoms with Crippen molar-refractivity contribution in [3.63, 3.8) is 0 Å². The average Bonchev–Trinajstić information content (AvgIpc) is 2.08. The number of halogens is 4. The minimum Gasteiger partial charge on any atom is -0.395 e. The maximum absolute atomic E-state index is 12.8. The minimum absolute atomic E-state index is 0.597. The Morgan fingerprint density at radius 2 is 1.25 bits per heavy atom. The van der Waals surface area contributed by atoms with Gasteiger partial charge in [0.1, 0.15) is 0 Å². The first-order valence-electron chi connectivity index (χ1n) is 2.83. The lowest BCUT2D eigenvalue weighted by molar-refractivity contribution is 0.493. The number of nitrogen functional groups attached to an aromatic ring is 2. The Balaban J connectivity index is 3.60. The molecule has 0 atom stereocenters. The number of hydrogen-bond donors (Lipinski definition) is 2. The van der Waals surface area contributed by atoms with Crippen LogP contribution in [-0.4, -0.2) is 0 Å². The fraction of sp³-hybridized carbons (Fsp3) is 0. The van der Waals surface area contributed by atoms with Gasteiger partial charge in [-0.1, -0.05) is 0 Å². The SMILES string of the molecule is Nc1c(N)c(F)c(Br)c(F)c1F. The molecular weight excluding hydrogens is 237 g/mol. The molecule has 0 bridgehead atoms. The molecule has 2 nitrogen and oxygen atoms in total. The van der Waals surface area contributed by atoms with Crippen molar-refractivity contribution in [1.82, 2.24) is 0 Å². The van der Waals surface area contributed by atoms with Gasteiger partial charge in [-0.2, -0.15) is 0 Å². The Morgan fingerprint density at radius 1 is 0.833 bits per heavy atom. The number of hydrogen-bond acceptors (Lipinski definition) is 2. The molecule has 12 heavy (non-hydrogen) atoms. The van der Waals surface area contributed by atoms with Gasteiger partial charge in [0.2, 0.25) is 0 Å². The van der Waals surface area contributed by atoms with Crippen molar-refractivity contribution in [2.45, 2.75) is 0 Å². The summed E-state index contributed by atoms with van der Waals surface area (Å²) in [6.07, 6.45) is 0. The first-order valence-corrected chi connectivity index (χ1v) is 3.63. The second-order valence-corrected chi connectivity index (χ2v) is 2.88. The van der Waals surface area contributed by atoms with E-state index < -0.39 is 33.3 Å². The Kier molecular flexibility index (Phi) is 2.18. The maximum atomic E-state index is 12.8. The highest BCUT2D eigenvalue weighted by Gasteiger charge is 2.19. The summed E-state index contributed by atoms with van der Waals surface area (Å²) in [5, 5.41) is 0. The zero-order valence-corrected chi connectivity index (χ0v) is 7.25. The van der Waals surface area contributed by atoms with Crippen molar-refractivity contribution in [3.05, 3.63) is 21.9 Å². The van der Waals surface area contributed by atoms with E-state index in [-0.39, 0.29) is 0 Å². The zero-order valence-electron chi connectivity index (χ0n) is 5.67. The lowest BCUT2D eigenvalue weighted by atomic mass is 10.2. The molecule has 1 aromatic carbocycles. The fourth-order valence-corrected chi connectivity index (χ4v) is 1.05. The minimum atomic E-state index is -1.38.